The quantitative estimate of drug-likeness (QED) is 0.907. The monoisotopic (exact) mass is 314 g/mol. The SMILES string of the molecule is O=C(Nc1cc(F)ccc1Oc1ccccc1)C1CCNCC1. The Hall–Kier alpha value is -2.40. The molecule has 0 saturated carbocycles. The topological polar surface area (TPSA) is 50.4 Å². The van der Waals surface area contributed by atoms with Crippen molar-refractivity contribution in [2.45, 2.75) is 12.8 Å². The lowest BCUT2D eigenvalue weighted by atomic mass is 9.97. The minimum Gasteiger partial charge on any atom is -0.455 e. The molecule has 0 radical (unpaired) electrons. The molecular formula is C18H19FN2O2. The van der Waals surface area contributed by atoms with E-state index in [0.29, 0.717) is 17.2 Å². The first-order valence-electron chi connectivity index (χ1n) is 7.76. The van der Waals surface area contributed by atoms with E-state index in [1.54, 1.807) is 0 Å². The Labute approximate surface area is 134 Å². The van der Waals surface area contributed by atoms with Crippen molar-refractivity contribution in [3.8, 4) is 11.5 Å². The van der Waals surface area contributed by atoms with Gasteiger partial charge in [-0.25, -0.2) is 4.39 Å². The average Bonchev–Trinajstić information content (AvgIpc) is 2.59. The highest BCUT2D eigenvalue weighted by molar-refractivity contribution is 5.94. The summed E-state index contributed by atoms with van der Waals surface area (Å²) in [6.45, 7) is 1.66. The van der Waals surface area contributed by atoms with E-state index < -0.39 is 5.82 Å². The Morgan fingerprint density at radius 1 is 1.13 bits per heavy atom. The van der Waals surface area contributed by atoms with E-state index in [2.05, 4.69) is 10.6 Å². The van der Waals surface area contributed by atoms with Crippen molar-refractivity contribution < 1.29 is 13.9 Å². The molecule has 0 aromatic heterocycles. The third-order valence-electron chi connectivity index (χ3n) is 3.88. The van der Waals surface area contributed by atoms with Crippen LogP contribution in [0.15, 0.2) is 48.5 Å². The number of anilines is 1. The van der Waals surface area contributed by atoms with Gasteiger partial charge in [-0.15, -0.1) is 0 Å². The molecule has 23 heavy (non-hydrogen) atoms. The molecule has 0 unspecified atom stereocenters. The normalized spacial score (nSPS) is 15.2. The van der Waals surface area contributed by atoms with Gasteiger partial charge in [-0.3, -0.25) is 4.79 Å². The van der Waals surface area contributed by atoms with Crippen LogP contribution in [0.1, 0.15) is 12.8 Å². The number of hydrogen-bond acceptors (Lipinski definition) is 3. The Bertz CT molecular complexity index is 670. The van der Waals surface area contributed by atoms with Crippen LogP contribution in [-0.4, -0.2) is 19.0 Å². The number of amides is 1. The highest BCUT2D eigenvalue weighted by Crippen LogP contribution is 2.31. The lowest BCUT2D eigenvalue weighted by Gasteiger charge is -2.22. The van der Waals surface area contributed by atoms with E-state index in [4.69, 9.17) is 4.74 Å². The lowest BCUT2D eigenvalue weighted by molar-refractivity contribution is -0.120. The van der Waals surface area contributed by atoms with Crippen LogP contribution in [0.4, 0.5) is 10.1 Å². The molecule has 2 aromatic rings. The summed E-state index contributed by atoms with van der Waals surface area (Å²) in [5, 5.41) is 6.03. The molecule has 1 amide bonds. The van der Waals surface area contributed by atoms with E-state index in [9.17, 15) is 9.18 Å². The number of halogens is 1. The van der Waals surface area contributed by atoms with Gasteiger partial charge in [0.2, 0.25) is 5.91 Å². The van der Waals surface area contributed by atoms with E-state index in [1.807, 2.05) is 30.3 Å². The summed E-state index contributed by atoms with van der Waals surface area (Å²) in [5.74, 6) is 0.515. The van der Waals surface area contributed by atoms with Gasteiger partial charge < -0.3 is 15.4 Å². The molecule has 0 aliphatic carbocycles. The Morgan fingerprint density at radius 3 is 2.61 bits per heavy atom. The molecule has 1 aliphatic heterocycles. The molecule has 1 fully saturated rings. The van der Waals surface area contributed by atoms with Crippen LogP contribution in [0, 0.1) is 11.7 Å². The van der Waals surface area contributed by atoms with Crippen molar-refractivity contribution in [1.29, 1.82) is 0 Å². The van der Waals surface area contributed by atoms with Crippen molar-refractivity contribution in [2.75, 3.05) is 18.4 Å². The number of benzene rings is 2. The van der Waals surface area contributed by atoms with Crippen molar-refractivity contribution in [3.63, 3.8) is 0 Å². The number of nitrogens with one attached hydrogen (secondary N) is 2. The number of rotatable bonds is 4. The van der Waals surface area contributed by atoms with E-state index >= 15 is 0 Å². The maximum atomic E-state index is 13.6. The van der Waals surface area contributed by atoms with Gasteiger partial charge >= 0.3 is 0 Å². The average molecular weight is 314 g/mol. The van der Waals surface area contributed by atoms with Gasteiger partial charge in [0.25, 0.3) is 0 Å². The summed E-state index contributed by atoms with van der Waals surface area (Å²) >= 11 is 0. The van der Waals surface area contributed by atoms with E-state index in [0.717, 1.165) is 25.9 Å². The van der Waals surface area contributed by atoms with Crippen LogP contribution in [0.25, 0.3) is 0 Å². The molecule has 4 nitrogen and oxygen atoms in total. The van der Waals surface area contributed by atoms with Crippen LogP contribution < -0.4 is 15.4 Å². The second kappa shape index (κ2) is 7.24. The highest BCUT2D eigenvalue weighted by atomic mass is 19.1. The largest absolute Gasteiger partial charge is 0.455 e. The molecule has 1 aliphatic rings. The maximum absolute atomic E-state index is 13.6. The molecule has 2 N–H and O–H groups in total. The van der Waals surface area contributed by atoms with Gasteiger partial charge in [0.1, 0.15) is 11.6 Å². The molecule has 1 saturated heterocycles. The van der Waals surface area contributed by atoms with Gasteiger partial charge in [0, 0.05) is 12.0 Å². The van der Waals surface area contributed by atoms with E-state index in [-0.39, 0.29) is 11.8 Å². The molecule has 5 heteroatoms. The van der Waals surface area contributed by atoms with Crippen molar-refractivity contribution in [3.05, 3.63) is 54.3 Å². The van der Waals surface area contributed by atoms with Gasteiger partial charge in [-0.1, -0.05) is 18.2 Å². The second-order valence-corrected chi connectivity index (χ2v) is 5.57. The lowest BCUT2D eigenvalue weighted by Crippen LogP contribution is -2.34. The molecule has 0 spiro atoms. The van der Waals surface area contributed by atoms with Crippen molar-refractivity contribution >= 4 is 11.6 Å². The number of hydrogen-bond donors (Lipinski definition) is 2. The molecule has 120 valence electrons. The summed E-state index contributed by atoms with van der Waals surface area (Å²) in [7, 11) is 0. The van der Waals surface area contributed by atoms with Gasteiger partial charge in [0.15, 0.2) is 5.75 Å². The van der Waals surface area contributed by atoms with Gasteiger partial charge in [-0.05, 0) is 50.2 Å². The van der Waals surface area contributed by atoms with Crippen LogP contribution in [-0.2, 0) is 4.79 Å². The minimum absolute atomic E-state index is 0.0518. The zero-order valence-corrected chi connectivity index (χ0v) is 12.7. The van der Waals surface area contributed by atoms with Gasteiger partial charge in [0.05, 0.1) is 5.69 Å². The zero-order chi connectivity index (χ0) is 16.1. The first kappa shape index (κ1) is 15.5. The molecule has 3 rings (SSSR count). The summed E-state index contributed by atoms with van der Waals surface area (Å²) in [6, 6.07) is 13.3. The van der Waals surface area contributed by atoms with Crippen LogP contribution >= 0.6 is 0 Å². The number of para-hydroxylation sites is 1. The molecule has 2 aromatic carbocycles. The fraction of sp³-hybridized carbons (Fsp3) is 0.278. The van der Waals surface area contributed by atoms with Crippen molar-refractivity contribution in [2.24, 2.45) is 5.92 Å². The molecule has 1 heterocycles. The standard InChI is InChI=1S/C18H19FN2O2/c19-14-6-7-17(23-15-4-2-1-3-5-15)16(12-14)21-18(22)13-8-10-20-11-9-13/h1-7,12-13,20H,8-11H2,(H,21,22). The smallest absolute Gasteiger partial charge is 0.227 e. The van der Waals surface area contributed by atoms with Gasteiger partial charge in [-0.2, -0.15) is 0 Å². The predicted octanol–water partition coefficient (Wildman–Crippen LogP) is 3.56. The molecule has 0 atom stereocenters. The minimum atomic E-state index is -0.411. The van der Waals surface area contributed by atoms with E-state index in [1.165, 1.54) is 18.2 Å². The van der Waals surface area contributed by atoms with Crippen LogP contribution in [0.5, 0.6) is 11.5 Å². The summed E-state index contributed by atoms with van der Waals surface area (Å²) in [5.41, 5.74) is 0.359. The molecular weight excluding hydrogens is 295 g/mol. The molecule has 0 bridgehead atoms. The predicted molar refractivity (Wildman–Crippen MR) is 87.1 cm³/mol. The third-order valence-corrected chi connectivity index (χ3v) is 3.88. The second-order valence-electron chi connectivity index (χ2n) is 5.57. The first-order valence-corrected chi connectivity index (χ1v) is 7.76. The summed E-state index contributed by atoms with van der Waals surface area (Å²) < 4.78 is 19.3. The fourth-order valence-electron chi connectivity index (χ4n) is 2.62. The number of carbonyl (C=O) groups excluding carboxylic acids is 1. The number of ether oxygens (including phenoxy) is 1. The Morgan fingerprint density at radius 2 is 1.87 bits per heavy atom. The third kappa shape index (κ3) is 4.07. The zero-order valence-electron chi connectivity index (χ0n) is 12.7. The Kier molecular flexibility index (Phi) is 4.88. The van der Waals surface area contributed by atoms with Crippen molar-refractivity contribution in [1.82, 2.24) is 5.32 Å². The van der Waals surface area contributed by atoms with Crippen LogP contribution in [0.3, 0.4) is 0 Å². The number of piperidine rings is 1. The first-order chi connectivity index (χ1) is 11.2. The Balaban J connectivity index is 1.77. The van der Waals surface area contributed by atoms with Crippen LogP contribution in [0.2, 0.25) is 0 Å². The number of carbonyl (C=O) groups is 1. The maximum Gasteiger partial charge on any atom is 0.227 e. The summed E-state index contributed by atoms with van der Waals surface area (Å²) in [6.07, 6.45) is 1.58. The summed E-state index contributed by atoms with van der Waals surface area (Å²) in [4.78, 5) is 12.4. The highest BCUT2D eigenvalue weighted by Gasteiger charge is 2.22. The fourth-order valence-corrected chi connectivity index (χ4v) is 2.62.